The van der Waals surface area contributed by atoms with E-state index in [2.05, 4.69) is 20.4 Å². The molecule has 3 rings (SSSR count). The van der Waals surface area contributed by atoms with Crippen molar-refractivity contribution in [2.45, 2.75) is 25.4 Å². The average Bonchev–Trinajstić information content (AvgIpc) is 3.10. The minimum atomic E-state index is -3.01. The summed E-state index contributed by atoms with van der Waals surface area (Å²) in [6, 6.07) is 4.12. The van der Waals surface area contributed by atoms with Crippen LogP contribution in [-0.2, 0) is 0 Å². The lowest BCUT2D eigenvalue weighted by Crippen LogP contribution is -2.26. The molecule has 0 saturated carbocycles. The van der Waals surface area contributed by atoms with Gasteiger partial charge in [-0.3, -0.25) is 10.1 Å². The summed E-state index contributed by atoms with van der Waals surface area (Å²) in [6.45, 7) is -1.06. The number of benzene rings is 1. The van der Waals surface area contributed by atoms with Crippen LogP contribution in [0.25, 0.3) is 0 Å². The van der Waals surface area contributed by atoms with Crippen LogP contribution < -0.4 is 20.1 Å². The number of nitrogens with one attached hydrogen (secondary N) is 2. The van der Waals surface area contributed by atoms with E-state index in [4.69, 9.17) is 4.74 Å². The van der Waals surface area contributed by atoms with E-state index in [1.807, 2.05) is 0 Å². The largest absolute Gasteiger partial charge is 0.493 e. The van der Waals surface area contributed by atoms with Crippen molar-refractivity contribution in [1.82, 2.24) is 10.3 Å². The number of aromatic nitrogens is 1. The maximum Gasteiger partial charge on any atom is 0.387 e. The molecule has 1 aliphatic heterocycles. The number of carbonyl (C=O) groups is 1. The van der Waals surface area contributed by atoms with Crippen molar-refractivity contribution < 1.29 is 23.0 Å². The lowest BCUT2D eigenvalue weighted by atomic mass is 9.97. The topological polar surface area (TPSA) is 72.5 Å². The number of ether oxygens (including phenoxy) is 2. The van der Waals surface area contributed by atoms with Crippen LogP contribution in [-0.4, -0.2) is 37.7 Å². The Labute approximate surface area is 153 Å². The quantitative estimate of drug-likeness (QED) is 0.799. The SMILES string of the molecule is COc1ccc(C(=O)Nc2ncc(C3CCNCC3)s2)cc1OC(F)F. The molecule has 1 aromatic heterocycles. The number of hydrogen-bond acceptors (Lipinski definition) is 6. The molecule has 0 bridgehead atoms. The highest BCUT2D eigenvalue weighted by molar-refractivity contribution is 7.15. The zero-order chi connectivity index (χ0) is 18.5. The first kappa shape index (κ1) is 18.5. The highest BCUT2D eigenvalue weighted by atomic mass is 32.1. The van der Waals surface area contributed by atoms with Crippen molar-refractivity contribution in [1.29, 1.82) is 0 Å². The van der Waals surface area contributed by atoms with E-state index in [0.29, 0.717) is 11.0 Å². The van der Waals surface area contributed by atoms with Crippen LogP contribution in [0.4, 0.5) is 13.9 Å². The van der Waals surface area contributed by atoms with E-state index in [-0.39, 0.29) is 17.1 Å². The van der Waals surface area contributed by atoms with E-state index in [1.54, 1.807) is 6.20 Å². The predicted octanol–water partition coefficient (Wildman–Crippen LogP) is 3.47. The number of piperidine rings is 1. The molecule has 140 valence electrons. The Balaban J connectivity index is 1.70. The Morgan fingerprint density at radius 2 is 2.12 bits per heavy atom. The van der Waals surface area contributed by atoms with Crippen LogP contribution in [0.1, 0.15) is 34.0 Å². The second kappa shape index (κ2) is 8.41. The number of thiazole rings is 1. The van der Waals surface area contributed by atoms with Crippen molar-refractivity contribution in [3.05, 3.63) is 34.8 Å². The molecule has 1 fully saturated rings. The van der Waals surface area contributed by atoms with Crippen molar-refractivity contribution >= 4 is 22.4 Å². The number of rotatable bonds is 6. The second-order valence-corrected chi connectivity index (χ2v) is 6.85. The second-order valence-electron chi connectivity index (χ2n) is 5.79. The van der Waals surface area contributed by atoms with Gasteiger partial charge >= 0.3 is 6.61 Å². The molecular weight excluding hydrogens is 364 g/mol. The number of amides is 1. The molecule has 2 heterocycles. The summed E-state index contributed by atoms with van der Waals surface area (Å²) in [7, 11) is 1.34. The number of hydrogen-bond donors (Lipinski definition) is 2. The zero-order valence-corrected chi connectivity index (χ0v) is 14.9. The maximum atomic E-state index is 12.5. The fourth-order valence-corrected chi connectivity index (χ4v) is 3.80. The van der Waals surface area contributed by atoms with Gasteiger partial charge in [-0.1, -0.05) is 0 Å². The van der Waals surface area contributed by atoms with Gasteiger partial charge in [0.1, 0.15) is 0 Å². The van der Waals surface area contributed by atoms with E-state index in [1.165, 1.54) is 36.6 Å². The molecule has 1 amide bonds. The highest BCUT2D eigenvalue weighted by Gasteiger charge is 2.19. The molecule has 1 aromatic carbocycles. The van der Waals surface area contributed by atoms with Crippen molar-refractivity contribution in [3.8, 4) is 11.5 Å². The van der Waals surface area contributed by atoms with Crippen LogP contribution in [0.3, 0.4) is 0 Å². The number of alkyl halides is 2. The summed E-state index contributed by atoms with van der Waals surface area (Å²) in [4.78, 5) is 17.8. The minimum Gasteiger partial charge on any atom is -0.493 e. The van der Waals surface area contributed by atoms with Gasteiger partial charge in [-0.2, -0.15) is 8.78 Å². The third-order valence-electron chi connectivity index (χ3n) is 4.13. The molecule has 0 unspecified atom stereocenters. The molecule has 1 aliphatic rings. The van der Waals surface area contributed by atoms with Crippen LogP contribution in [0.15, 0.2) is 24.4 Å². The van der Waals surface area contributed by atoms with E-state index in [0.717, 1.165) is 30.8 Å². The summed E-state index contributed by atoms with van der Waals surface area (Å²) < 4.78 is 34.4. The van der Waals surface area contributed by atoms with Gasteiger partial charge in [-0.25, -0.2) is 4.98 Å². The molecule has 2 N–H and O–H groups in total. The fraction of sp³-hybridized carbons (Fsp3) is 0.412. The number of methoxy groups -OCH3 is 1. The number of carbonyl (C=O) groups excluding carboxylic acids is 1. The molecule has 9 heteroatoms. The zero-order valence-electron chi connectivity index (χ0n) is 14.1. The molecule has 0 radical (unpaired) electrons. The van der Waals surface area contributed by atoms with Crippen LogP contribution >= 0.6 is 11.3 Å². The molecule has 1 saturated heterocycles. The first-order valence-corrected chi connectivity index (χ1v) is 8.99. The Bertz CT molecular complexity index is 763. The van der Waals surface area contributed by atoms with E-state index in [9.17, 15) is 13.6 Å². The van der Waals surface area contributed by atoms with E-state index >= 15 is 0 Å². The lowest BCUT2D eigenvalue weighted by molar-refractivity contribution is -0.0512. The Kier molecular flexibility index (Phi) is 6.00. The van der Waals surface area contributed by atoms with Crippen LogP contribution in [0.5, 0.6) is 11.5 Å². The molecule has 26 heavy (non-hydrogen) atoms. The Morgan fingerprint density at radius 1 is 1.35 bits per heavy atom. The van der Waals surface area contributed by atoms with Crippen LogP contribution in [0.2, 0.25) is 0 Å². The molecule has 6 nitrogen and oxygen atoms in total. The normalized spacial score (nSPS) is 15.1. The molecule has 0 atom stereocenters. The van der Waals surface area contributed by atoms with Crippen molar-refractivity contribution in [2.75, 3.05) is 25.5 Å². The summed E-state index contributed by atoms with van der Waals surface area (Å²) in [6.07, 6.45) is 3.88. The van der Waals surface area contributed by atoms with Gasteiger partial charge in [-0.15, -0.1) is 11.3 Å². The standard InChI is InChI=1S/C17H19F2N3O3S/c1-24-12-3-2-11(8-13(12)25-16(18)19)15(23)22-17-21-9-14(26-17)10-4-6-20-7-5-10/h2-3,8-10,16,20H,4-7H2,1H3,(H,21,22,23). The Hall–Kier alpha value is -2.26. The van der Waals surface area contributed by atoms with Gasteiger partial charge in [0.25, 0.3) is 5.91 Å². The summed E-state index contributed by atoms with van der Waals surface area (Å²) in [5.41, 5.74) is 0.181. The van der Waals surface area contributed by atoms with Crippen molar-refractivity contribution in [3.63, 3.8) is 0 Å². The van der Waals surface area contributed by atoms with Gasteiger partial charge in [0.05, 0.1) is 7.11 Å². The predicted molar refractivity (Wildman–Crippen MR) is 94.5 cm³/mol. The average molecular weight is 383 g/mol. The van der Waals surface area contributed by atoms with Gasteiger partial charge in [0.15, 0.2) is 16.6 Å². The third kappa shape index (κ3) is 4.47. The molecular formula is C17H19F2N3O3S. The van der Waals surface area contributed by atoms with Gasteiger partial charge in [-0.05, 0) is 50.0 Å². The monoisotopic (exact) mass is 383 g/mol. The Morgan fingerprint density at radius 3 is 2.81 bits per heavy atom. The number of anilines is 1. The van der Waals surface area contributed by atoms with Gasteiger partial charge in [0.2, 0.25) is 0 Å². The smallest absolute Gasteiger partial charge is 0.387 e. The number of halogens is 2. The van der Waals surface area contributed by atoms with Gasteiger partial charge < -0.3 is 14.8 Å². The van der Waals surface area contributed by atoms with Gasteiger partial charge in [0, 0.05) is 16.6 Å². The number of nitrogens with zero attached hydrogens (tertiary/aromatic N) is 1. The highest BCUT2D eigenvalue weighted by Crippen LogP contribution is 2.33. The summed E-state index contributed by atoms with van der Waals surface area (Å²) in [5.74, 6) is -0.0570. The van der Waals surface area contributed by atoms with E-state index < -0.39 is 12.5 Å². The molecule has 0 aliphatic carbocycles. The lowest BCUT2D eigenvalue weighted by Gasteiger charge is -2.20. The first-order valence-electron chi connectivity index (χ1n) is 8.17. The minimum absolute atomic E-state index is 0.129. The fourth-order valence-electron chi connectivity index (χ4n) is 2.81. The van der Waals surface area contributed by atoms with Crippen molar-refractivity contribution in [2.24, 2.45) is 0 Å². The third-order valence-corrected chi connectivity index (χ3v) is 5.20. The first-order chi connectivity index (χ1) is 12.6. The molecule has 0 spiro atoms. The maximum absolute atomic E-state index is 12.5. The van der Waals surface area contributed by atoms with Crippen LogP contribution in [0, 0.1) is 0 Å². The summed E-state index contributed by atoms with van der Waals surface area (Å²) >= 11 is 1.44. The summed E-state index contributed by atoms with van der Waals surface area (Å²) in [5, 5.41) is 6.50. The molecule has 2 aromatic rings.